The van der Waals surface area contributed by atoms with Gasteiger partial charge in [0.2, 0.25) is 0 Å². The van der Waals surface area contributed by atoms with Crippen molar-refractivity contribution in [3.05, 3.63) is 57.9 Å². The SMILES string of the molecule is Cc1ccc2c(c1N)NC=NC2(N)c1cccc(Cl)c1F. The molecule has 3 rings (SSSR count). The summed E-state index contributed by atoms with van der Waals surface area (Å²) in [5.41, 5.74) is 14.0. The first-order valence-corrected chi connectivity index (χ1v) is 6.76. The zero-order valence-corrected chi connectivity index (χ0v) is 12.1. The summed E-state index contributed by atoms with van der Waals surface area (Å²) >= 11 is 5.86. The van der Waals surface area contributed by atoms with E-state index in [4.69, 9.17) is 23.1 Å². The number of hydrogen-bond donors (Lipinski definition) is 3. The van der Waals surface area contributed by atoms with Gasteiger partial charge in [-0.3, -0.25) is 5.73 Å². The minimum atomic E-state index is -1.36. The van der Waals surface area contributed by atoms with Crippen LogP contribution in [0.5, 0.6) is 0 Å². The number of nitrogens with zero attached hydrogens (tertiary/aromatic N) is 1. The normalized spacial score (nSPS) is 20.0. The van der Waals surface area contributed by atoms with E-state index in [0.717, 1.165) is 5.56 Å². The second kappa shape index (κ2) is 4.72. The number of nitrogens with two attached hydrogens (primary N) is 2. The van der Waals surface area contributed by atoms with Crippen LogP contribution in [0.2, 0.25) is 5.02 Å². The summed E-state index contributed by atoms with van der Waals surface area (Å²) in [6, 6.07) is 8.32. The smallest absolute Gasteiger partial charge is 0.166 e. The van der Waals surface area contributed by atoms with Crippen LogP contribution in [0.25, 0.3) is 0 Å². The summed E-state index contributed by atoms with van der Waals surface area (Å²) in [6.45, 7) is 1.89. The van der Waals surface area contributed by atoms with Gasteiger partial charge in [0.05, 0.1) is 22.7 Å². The van der Waals surface area contributed by atoms with E-state index in [1.165, 1.54) is 12.4 Å². The number of aryl methyl sites for hydroxylation is 1. The van der Waals surface area contributed by atoms with Gasteiger partial charge < -0.3 is 11.1 Å². The van der Waals surface area contributed by atoms with E-state index in [1.54, 1.807) is 18.2 Å². The van der Waals surface area contributed by atoms with Gasteiger partial charge in [0.25, 0.3) is 0 Å². The van der Waals surface area contributed by atoms with Crippen LogP contribution in [0.4, 0.5) is 15.8 Å². The van der Waals surface area contributed by atoms with E-state index in [-0.39, 0.29) is 10.6 Å². The molecule has 108 valence electrons. The highest BCUT2D eigenvalue weighted by atomic mass is 35.5. The van der Waals surface area contributed by atoms with Crippen molar-refractivity contribution in [1.29, 1.82) is 0 Å². The fraction of sp³-hybridized carbons (Fsp3) is 0.133. The molecule has 2 aromatic rings. The maximum atomic E-state index is 14.4. The molecule has 21 heavy (non-hydrogen) atoms. The van der Waals surface area contributed by atoms with E-state index in [2.05, 4.69) is 10.3 Å². The first kappa shape index (κ1) is 13.9. The highest BCUT2D eigenvalue weighted by molar-refractivity contribution is 6.30. The average molecular weight is 305 g/mol. The lowest BCUT2D eigenvalue weighted by Gasteiger charge is -2.32. The number of rotatable bonds is 1. The Kier molecular flexibility index (Phi) is 3.11. The van der Waals surface area contributed by atoms with Crippen molar-refractivity contribution in [1.82, 2.24) is 0 Å². The molecule has 0 saturated carbocycles. The molecule has 0 fully saturated rings. The second-order valence-electron chi connectivity index (χ2n) is 4.99. The zero-order chi connectivity index (χ0) is 15.2. The number of anilines is 2. The molecule has 5 N–H and O–H groups in total. The molecule has 1 atom stereocenters. The third kappa shape index (κ3) is 1.97. The molecule has 0 bridgehead atoms. The molecule has 1 aliphatic rings. The Morgan fingerprint density at radius 1 is 1.24 bits per heavy atom. The lowest BCUT2D eigenvalue weighted by Crippen LogP contribution is -2.40. The van der Waals surface area contributed by atoms with Crippen molar-refractivity contribution < 1.29 is 4.39 Å². The van der Waals surface area contributed by atoms with E-state index in [0.29, 0.717) is 16.9 Å². The van der Waals surface area contributed by atoms with Gasteiger partial charge in [-0.15, -0.1) is 0 Å². The molecule has 0 amide bonds. The van der Waals surface area contributed by atoms with E-state index in [9.17, 15) is 4.39 Å². The molecule has 4 nitrogen and oxygen atoms in total. The van der Waals surface area contributed by atoms with Crippen molar-refractivity contribution in [2.24, 2.45) is 10.7 Å². The Labute approximate surface area is 126 Å². The Bertz CT molecular complexity index is 760. The summed E-state index contributed by atoms with van der Waals surface area (Å²) in [5.74, 6) is -0.578. The molecule has 6 heteroatoms. The first-order chi connectivity index (χ1) is 9.95. The summed E-state index contributed by atoms with van der Waals surface area (Å²) in [7, 11) is 0. The number of aliphatic imine (C=N–C) groups is 1. The van der Waals surface area contributed by atoms with Gasteiger partial charge >= 0.3 is 0 Å². The van der Waals surface area contributed by atoms with Gasteiger partial charge in [0.15, 0.2) is 5.66 Å². The van der Waals surface area contributed by atoms with Crippen LogP contribution < -0.4 is 16.8 Å². The largest absolute Gasteiger partial charge is 0.397 e. The second-order valence-corrected chi connectivity index (χ2v) is 5.40. The highest BCUT2D eigenvalue weighted by Gasteiger charge is 2.37. The summed E-state index contributed by atoms with van der Waals surface area (Å²) < 4.78 is 14.4. The molecular weight excluding hydrogens is 291 g/mol. The predicted molar refractivity (Wildman–Crippen MR) is 84.1 cm³/mol. The lowest BCUT2D eigenvalue weighted by molar-refractivity contribution is 0.513. The minimum Gasteiger partial charge on any atom is -0.397 e. The van der Waals surface area contributed by atoms with Gasteiger partial charge in [-0.05, 0) is 18.6 Å². The molecule has 0 aromatic heterocycles. The van der Waals surface area contributed by atoms with Crippen molar-refractivity contribution in [3.63, 3.8) is 0 Å². The molecule has 2 aromatic carbocycles. The van der Waals surface area contributed by atoms with Gasteiger partial charge in [0, 0.05) is 11.1 Å². The average Bonchev–Trinajstić information content (AvgIpc) is 2.46. The van der Waals surface area contributed by atoms with Crippen molar-refractivity contribution >= 4 is 29.3 Å². The maximum absolute atomic E-state index is 14.4. The van der Waals surface area contributed by atoms with Crippen LogP contribution in [0, 0.1) is 12.7 Å². The summed E-state index contributed by atoms with van der Waals surface area (Å²) in [5, 5.41) is 2.99. The maximum Gasteiger partial charge on any atom is 0.166 e. The standard InChI is InChI=1S/C15H14ClFN4/c1-8-5-6-10-14(13(8)18)20-7-21-15(10,19)9-3-2-4-11(16)12(9)17/h2-7H,18-19H2,1H3,(H,20,21). The first-order valence-electron chi connectivity index (χ1n) is 6.38. The molecule has 1 unspecified atom stereocenters. The molecule has 1 heterocycles. The molecule has 1 aliphatic heterocycles. The van der Waals surface area contributed by atoms with Gasteiger partial charge in [-0.25, -0.2) is 9.38 Å². The predicted octanol–water partition coefficient (Wildman–Crippen LogP) is 2.98. The topological polar surface area (TPSA) is 76.4 Å². The Morgan fingerprint density at radius 3 is 2.76 bits per heavy atom. The Hall–Kier alpha value is -2.11. The van der Waals surface area contributed by atoms with Crippen LogP contribution in [-0.2, 0) is 5.66 Å². The number of halogens is 2. The Balaban J connectivity index is 2.28. The summed E-state index contributed by atoms with van der Waals surface area (Å²) in [4.78, 5) is 4.23. The summed E-state index contributed by atoms with van der Waals surface area (Å²) in [6.07, 6.45) is 1.43. The van der Waals surface area contributed by atoms with Gasteiger partial charge in [-0.1, -0.05) is 35.9 Å². The third-order valence-electron chi connectivity index (χ3n) is 3.71. The monoisotopic (exact) mass is 304 g/mol. The van der Waals surface area contributed by atoms with Crippen LogP contribution in [0.15, 0.2) is 35.3 Å². The molecule has 0 spiro atoms. The third-order valence-corrected chi connectivity index (χ3v) is 4.01. The lowest BCUT2D eigenvalue weighted by atomic mass is 9.88. The Morgan fingerprint density at radius 2 is 2.00 bits per heavy atom. The van der Waals surface area contributed by atoms with E-state index >= 15 is 0 Å². The van der Waals surface area contributed by atoms with Crippen LogP contribution in [0.1, 0.15) is 16.7 Å². The highest BCUT2D eigenvalue weighted by Crippen LogP contribution is 2.41. The number of hydrogen-bond acceptors (Lipinski definition) is 4. The number of nitrogen functional groups attached to an aromatic ring is 1. The molecule has 0 aliphatic carbocycles. The van der Waals surface area contributed by atoms with E-state index < -0.39 is 11.5 Å². The molecule has 0 radical (unpaired) electrons. The van der Waals surface area contributed by atoms with Gasteiger partial charge in [0.1, 0.15) is 5.82 Å². The number of fused-ring (bicyclic) bond motifs is 1. The number of benzene rings is 2. The van der Waals surface area contributed by atoms with Crippen molar-refractivity contribution in [2.45, 2.75) is 12.6 Å². The molecule has 0 saturated heterocycles. The van der Waals surface area contributed by atoms with Crippen LogP contribution >= 0.6 is 11.6 Å². The van der Waals surface area contributed by atoms with Gasteiger partial charge in [-0.2, -0.15) is 0 Å². The number of nitrogens with one attached hydrogen (secondary N) is 1. The van der Waals surface area contributed by atoms with Crippen molar-refractivity contribution in [3.8, 4) is 0 Å². The van der Waals surface area contributed by atoms with Crippen LogP contribution in [-0.4, -0.2) is 6.34 Å². The van der Waals surface area contributed by atoms with Crippen molar-refractivity contribution in [2.75, 3.05) is 11.1 Å². The quantitative estimate of drug-likeness (QED) is 0.709. The fourth-order valence-electron chi connectivity index (χ4n) is 2.48. The fourth-order valence-corrected chi connectivity index (χ4v) is 2.65. The minimum absolute atomic E-state index is 0.00712. The van der Waals surface area contributed by atoms with E-state index in [1.807, 2.05) is 13.0 Å². The molecular formula is C15H14ClFN4. The van der Waals surface area contributed by atoms with Crippen LogP contribution in [0.3, 0.4) is 0 Å². The zero-order valence-electron chi connectivity index (χ0n) is 11.3.